The van der Waals surface area contributed by atoms with Crippen molar-refractivity contribution >= 4 is 51.5 Å². The molecule has 0 bridgehead atoms. The number of hydrogen-bond acceptors (Lipinski definition) is 2. The van der Waals surface area contributed by atoms with Gasteiger partial charge in [-0.2, -0.15) is 0 Å². The summed E-state index contributed by atoms with van der Waals surface area (Å²) in [6.45, 7) is 4.74. The van der Waals surface area contributed by atoms with E-state index in [1.165, 1.54) is 120 Å². The highest BCUT2D eigenvalue weighted by atomic mass is 15.2. The van der Waals surface area contributed by atoms with E-state index in [0.717, 1.165) is 0 Å². The molecule has 4 aromatic carbocycles. The minimum Gasteiger partial charge on any atom is -0.339 e. The summed E-state index contributed by atoms with van der Waals surface area (Å²) in [5.74, 6) is 0.660. The molecule has 0 amide bonds. The molecule has 2 saturated carbocycles. The molecule has 2 fully saturated rings. The zero-order valence-corrected chi connectivity index (χ0v) is 24.7. The standard InChI is InChI=1S/C38H41BN2/c1-26-12-11-17-31(22-26)41-34-19-10-9-18-32(34)39-33-23-27(2)20-21-35(33)40(30-15-7-4-8-16-30)36-24-29(25-37(41)38(36)39)28-13-5-3-6-14-28/h9-12,17-25,28,30H,3-8,13-16H2,1-2H3. The summed E-state index contributed by atoms with van der Waals surface area (Å²) >= 11 is 0. The fraction of sp³-hybridized carbons (Fsp3) is 0.368. The molecule has 2 aliphatic heterocycles. The number of nitrogens with zero attached hydrogens (tertiary/aromatic N) is 2. The highest BCUT2D eigenvalue weighted by molar-refractivity contribution is 7.00. The van der Waals surface area contributed by atoms with E-state index >= 15 is 0 Å². The van der Waals surface area contributed by atoms with Crippen LogP contribution in [-0.4, -0.2) is 12.8 Å². The minimum absolute atomic E-state index is 0.257. The normalized spacial score (nSPS) is 18.6. The van der Waals surface area contributed by atoms with Crippen molar-refractivity contribution in [2.75, 3.05) is 9.80 Å². The highest BCUT2D eigenvalue weighted by Gasteiger charge is 2.44. The summed E-state index contributed by atoms with van der Waals surface area (Å²) in [5, 5.41) is 0. The second kappa shape index (κ2) is 10.1. The summed E-state index contributed by atoms with van der Waals surface area (Å²) in [5.41, 5.74) is 15.6. The smallest absolute Gasteiger partial charge is 0.252 e. The molecule has 0 aromatic heterocycles. The Hall–Kier alpha value is -3.46. The molecule has 4 aliphatic rings. The van der Waals surface area contributed by atoms with Crippen LogP contribution in [0.15, 0.2) is 78.9 Å². The van der Waals surface area contributed by atoms with Crippen LogP contribution in [0.2, 0.25) is 0 Å². The van der Waals surface area contributed by atoms with Crippen molar-refractivity contribution < 1.29 is 0 Å². The molecular weight excluding hydrogens is 495 g/mol. The fourth-order valence-electron chi connectivity index (χ4n) is 8.57. The van der Waals surface area contributed by atoms with Crippen LogP contribution in [0.1, 0.15) is 86.8 Å². The van der Waals surface area contributed by atoms with E-state index in [1.54, 1.807) is 5.56 Å². The third kappa shape index (κ3) is 4.15. The molecule has 0 atom stereocenters. The van der Waals surface area contributed by atoms with Gasteiger partial charge in [-0.3, -0.25) is 0 Å². The quantitative estimate of drug-likeness (QED) is 0.214. The molecule has 0 spiro atoms. The van der Waals surface area contributed by atoms with Crippen LogP contribution in [-0.2, 0) is 0 Å². The van der Waals surface area contributed by atoms with Gasteiger partial charge in [0.25, 0.3) is 6.71 Å². The molecule has 2 aliphatic carbocycles. The van der Waals surface area contributed by atoms with Gasteiger partial charge in [0.05, 0.1) is 0 Å². The van der Waals surface area contributed by atoms with Crippen molar-refractivity contribution in [1.82, 2.24) is 0 Å². The van der Waals surface area contributed by atoms with Gasteiger partial charge in [0.15, 0.2) is 0 Å². The lowest BCUT2D eigenvalue weighted by molar-refractivity contribution is 0.435. The lowest BCUT2D eigenvalue weighted by Crippen LogP contribution is -2.63. The average Bonchev–Trinajstić information content (AvgIpc) is 3.01. The van der Waals surface area contributed by atoms with Gasteiger partial charge in [-0.1, -0.05) is 86.6 Å². The predicted molar refractivity (Wildman–Crippen MR) is 177 cm³/mol. The molecule has 0 saturated heterocycles. The Bertz CT molecular complexity index is 1610. The summed E-state index contributed by atoms with van der Waals surface area (Å²) in [4.78, 5) is 5.42. The monoisotopic (exact) mass is 536 g/mol. The Balaban J connectivity index is 1.44. The van der Waals surface area contributed by atoms with Crippen molar-refractivity contribution in [2.24, 2.45) is 0 Å². The van der Waals surface area contributed by atoms with Gasteiger partial charge in [0.1, 0.15) is 0 Å². The molecule has 0 N–H and O–H groups in total. The van der Waals surface area contributed by atoms with Crippen LogP contribution in [0.3, 0.4) is 0 Å². The molecule has 0 unspecified atom stereocenters. The van der Waals surface area contributed by atoms with E-state index in [4.69, 9.17) is 0 Å². The number of anilines is 5. The van der Waals surface area contributed by atoms with Gasteiger partial charge in [0, 0.05) is 34.5 Å². The maximum Gasteiger partial charge on any atom is 0.252 e. The van der Waals surface area contributed by atoms with Gasteiger partial charge in [-0.05, 0) is 109 Å². The van der Waals surface area contributed by atoms with Crippen molar-refractivity contribution in [1.29, 1.82) is 0 Å². The Kier molecular flexibility index (Phi) is 6.24. The fourth-order valence-corrected chi connectivity index (χ4v) is 8.57. The van der Waals surface area contributed by atoms with Gasteiger partial charge in [-0.25, -0.2) is 0 Å². The Labute approximate surface area is 246 Å². The maximum absolute atomic E-state index is 2.82. The first-order valence-corrected chi connectivity index (χ1v) is 16.2. The first-order chi connectivity index (χ1) is 20.2. The van der Waals surface area contributed by atoms with E-state index in [2.05, 4.69) is 103 Å². The Morgan fingerprint density at radius 1 is 0.585 bits per heavy atom. The number of para-hydroxylation sites is 1. The average molecular weight is 537 g/mol. The van der Waals surface area contributed by atoms with Gasteiger partial charge in [-0.15, -0.1) is 0 Å². The van der Waals surface area contributed by atoms with Crippen molar-refractivity contribution in [3.8, 4) is 0 Å². The number of fused-ring (bicyclic) bond motifs is 4. The number of aryl methyl sites for hydroxylation is 2. The van der Waals surface area contributed by atoms with E-state index in [0.29, 0.717) is 12.0 Å². The summed E-state index contributed by atoms with van der Waals surface area (Å²) in [6.07, 6.45) is 13.4. The van der Waals surface area contributed by atoms with Crippen LogP contribution in [0.5, 0.6) is 0 Å². The van der Waals surface area contributed by atoms with Crippen molar-refractivity contribution in [3.63, 3.8) is 0 Å². The summed E-state index contributed by atoms with van der Waals surface area (Å²) in [7, 11) is 0. The molecule has 4 aromatic rings. The van der Waals surface area contributed by atoms with Gasteiger partial charge in [0.2, 0.25) is 0 Å². The Morgan fingerprint density at radius 3 is 2.12 bits per heavy atom. The van der Waals surface area contributed by atoms with E-state index in [9.17, 15) is 0 Å². The van der Waals surface area contributed by atoms with Crippen LogP contribution < -0.4 is 26.2 Å². The topological polar surface area (TPSA) is 6.48 Å². The molecule has 0 radical (unpaired) electrons. The number of rotatable bonds is 3. The van der Waals surface area contributed by atoms with Crippen LogP contribution in [0.25, 0.3) is 0 Å². The summed E-state index contributed by atoms with van der Waals surface area (Å²) in [6, 6.07) is 31.5. The van der Waals surface area contributed by atoms with E-state index in [-0.39, 0.29) is 6.71 Å². The molecule has 41 heavy (non-hydrogen) atoms. The SMILES string of the molecule is Cc1cccc(N2c3ccccc3B3c4cc(C)ccc4N(C4CCCCC4)c4cc(C5CCCCC5)cc2c43)c1. The Morgan fingerprint density at radius 2 is 1.32 bits per heavy atom. The first-order valence-electron chi connectivity index (χ1n) is 16.2. The molecule has 206 valence electrons. The molecule has 3 heteroatoms. The second-order valence-electron chi connectivity index (χ2n) is 13.2. The third-order valence-electron chi connectivity index (χ3n) is 10.5. The zero-order chi connectivity index (χ0) is 27.5. The molecule has 2 heterocycles. The lowest BCUT2D eigenvalue weighted by atomic mass is 9.33. The third-order valence-corrected chi connectivity index (χ3v) is 10.5. The summed E-state index contributed by atoms with van der Waals surface area (Å²) < 4.78 is 0. The van der Waals surface area contributed by atoms with Gasteiger partial charge < -0.3 is 9.80 Å². The van der Waals surface area contributed by atoms with Gasteiger partial charge >= 0.3 is 0 Å². The molecular formula is C38H41BN2. The van der Waals surface area contributed by atoms with E-state index < -0.39 is 0 Å². The van der Waals surface area contributed by atoms with E-state index in [1.807, 2.05) is 0 Å². The van der Waals surface area contributed by atoms with Crippen molar-refractivity contribution in [3.05, 3.63) is 95.6 Å². The van der Waals surface area contributed by atoms with Crippen LogP contribution >= 0.6 is 0 Å². The maximum atomic E-state index is 2.82. The highest BCUT2D eigenvalue weighted by Crippen LogP contribution is 2.46. The lowest BCUT2D eigenvalue weighted by Gasteiger charge is -2.47. The van der Waals surface area contributed by atoms with Crippen LogP contribution in [0, 0.1) is 13.8 Å². The van der Waals surface area contributed by atoms with Crippen LogP contribution in [0.4, 0.5) is 28.4 Å². The van der Waals surface area contributed by atoms with Crippen molar-refractivity contribution in [2.45, 2.75) is 90.0 Å². The largest absolute Gasteiger partial charge is 0.339 e. The second-order valence-corrected chi connectivity index (χ2v) is 13.2. The predicted octanol–water partition coefficient (Wildman–Crippen LogP) is 8.43. The molecule has 2 nitrogen and oxygen atoms in total. The number of benzene rings is 4. The molecule has 8 rings (SSSR count). The number of hydrogen-bond donors (Lipinski definition) is 0. The first kappa shape index (κ1) is 25.3. The minimum atomic E-state index is 0.257. The zero-order valence-electron chi connectivity index (χ0n) is 24.7.